The summed E-state index contributed by atoms with van der Waals surface area (Å²) in [6, 6.07) is 0. The standard InChI is InChI=1S/C10H23N5/c1-9-3-7-15(8-4-9)6-2-5-13-10(11)14-12/h9H,2-8,12H2,1H3,(H3,11,13,14). The van der Waals surface area contributed by atoms with Gasteiger partial charge in [0.15, 0.2) is 0 Å². The van der Waals surface area contributed by atoms with Crippen LogP contribution in [-0.4, -0.2) is 37.0 Å². The number of hydrogen-bond donors (Lipinski definition) is 3. The Kier molecular flexibility index (Phi) is 5.42. The molecule has 1 rings (SSSR count). The van der Waals surface area contributed by atoms with Gasteiger partial charge >= 0.3 is 0 Å². The predicted molar refractivity (Wildman–Crippen MR) is 63.3 cm³/mol. The lowest BCUT2D eigenvalue weighted by Crippen LogP contribution is -2.37. The smallest absolute Gasteiger partial charge is 0.203 e. The average molecular weight is 213 g/mol. The molecule has 5 N–H and O–H groups in total. The normalized spacial score (nSPS) is 20.5. The van der Waals surface area contributed by atoms with E-state index in [1.807, 2.05) is 0 Å². The second-order valence-electron chi connectivity index (χ2n) is 4.29. The molecule has 0 radical (unpaired) electrons. The van der Waals surface area contributed by atoms with Crippen molar-refractivity contribution >= 4 is 5.96 Å². The minimum atomic E-state index is 0.322. The van der Waals surface area contributed by atoms with Crippen LogP contribution in [0.2, 0.25) is 0 Å². The third-order valence-corrected chi connectivity index (χ3v) is 2.94. The molecule has 1 aliphatic heterocycles. The molecule has 0 aromatic heterocycles. The van der Waals surface area contributed by atoms with Gasteiger partial charge in [-0.2, -0.15) is 0 Å². The predicted octanol–water partition coefficient (Wildman–Crippen LogP) is -0.114. The van der Waals surface area contributed by atoms with Gasteiger partial charge in [-0.25, -0.2) is 5.84 Å². The maximum absolute atomic E-state index is 5.41. The zero-order chi connectivity index (χ0) is 11.1. The molecule has 0 unspecified atom stereocenters. The summed E-state index contributed by atoms with van der Waals surface area (Å²) in [6.45, 7) is 6.66. The van der Waals surface area contributed by atoms with Gasteiger partial charge in [0.25, 0.3) is 0 Å². The van der Waals surface area contributed by atoms with Gasteiger partial charge in [0.2, 0.25) is 5.96 Å². The van der Waals surface area contributed by atoms with E-state index in [2.05, 4.69) is 22.2 Å². The first-order valence-electron chi connectivity index (χ1n) is 5.71. The van der Waals surface area contributed by atoms with Crippen LogP contribution in [0.25, 0.3) is 0 Å². The maximum atomic E-state index is 5.41. The van der Waals surface area contributed by atoms with Crippen molar-refractivity contribution in [3.05, 3.63) is 0 Å². The Morgan fingerprint density at radius 2 is 2.13 bits per heavy atom. The summed E-state index contributed by atoms with van der Waals surface area (Å²) in [6.07, 6.45) is 3.71. The molecule has 88 valence electrons. The Hall–Kier alpha value is -0.810. The van der Waals surface area contributed by atoms with Gasteiger partial charge in [0, 0.05) is 6.54 Å². The highest BCUT2D eigenvalue weighted by Crippen LogP contribution is 2.15. The molecule has 0 spiro atoms. The van der Waals surface area contributed by atoms with Crippen LogP contribution in [0.3, 0.4) is 0 Å². The zero-order valence-electron chi connectivity index (χ0n) is 9.58. The number of hydrogen-bond acceptors (Lipinski definition) is 3. The molecule has 0 aromatic carbocycles. The first kappa shape index (κ1) is 12.3. The van der Waals surface area contributed by atoms with Crippen molar-refractivity contribution in [2.24, 2.45) is 22.5 Å². The lowest BCUT2D eigenvalue weighted by atomic mass is 9.99. The highest BCUT2D eigenvalue weighted by Gasteiger charge is 2.14. The Bertz CT molecular complexity index is 196. The van der Waals surface area contributed by atoms with Crippen LogP contribution in [-0.2, 0) is 0 Å². The number of hydrazine groups is 1. The van der Waals surface area contributed by atoms with Crippen molar-refractivity contribution < 1.29 is 0 Å². The van der Waals surface area contributed by atoms with Crippen LogP contribution in [0.15, 0.2) is 4.99 Å². The summed E-state index contributed by atoms with van der Waals surface area (Å²) < 4.78 is 0. The molecule has 0 amide bonds. The molecule has 0 bridgehead atoms. The molecule has 0 saturated carbocycles. The first-order chi connectivity index (χ1) is 7.22. The van der Waals surface area contributed by atoms with Gasteiger partial charge in [-0.3, -0.25) is 10.4 Å². The molecule has 1 saturated heterocycles. The van der Waals surface area contributed by atoms with Gasteiger partial charge in [-0.1, -0.05) is 6.92 Å². The van der Waals surface area contributed by atoms with E-state index in [1.165, 1.54) is 25.9 Å². The fourth-order valence-electron chi connectivity index (χ4n) is 1.83. The van der Waals surface area contributed by atoms with Crippen molar-refractivity contribution in [1.29, 1.82) is 0 Å². The van der Waals surface area contributed by atoms with Crippen LogP contribution in [0.5, 0.6) is 0 Å². The molecule has 1 heterocycles. The molecule has 0 atom stereocenters. The number of nitrogens with two attached hydrogens (primary N) is 2. The second kappa shape index (κ2) is 6.63. The van der Waals surface area contributed by atoms with Crippen LogP contribution < -0.4 is 17.0 Å². The number of likely N-dealkylation sites (tertiary alicyclic amines) is 1. The van der Waals surface area contributed by atoms with E-state index in [0.29, 0.717) is 5.96 Å². The lowest BCUT2D eigenvalue weighted by molar-refractivity contribution is 0.192. The van der Waals surface area contributed by atoms with Gasteiger partial charge in [-0.05, 0) is 44.8 Å². The molecule has 0 aliphatic carbocycles. The number of guanidine groups is 1. The summed E-state index contributed by atoms with van der Waals surface area (Å²) in [4.78, 5) is 6.58. The summed E-state index contributed by atoms with van der Waals surface area (Å²) in [5.41, 5.74) is 7.73. The summed E-state index contributed by atoms with van der Waals surface area (Å²) >= 11 is 0. The second-order valence-corrected chi connectivity index (χ2v) is 4.29. The van der Waals surface area contributed by atoms with Crippen molar-refractivity contribution in [1.82, 2.24) is 10.3 Å². The van der Waals surface area contributed by atoms with E-state index in [1.54, 1.807) is 0 Å². The number of piperidine rings is 1. The Morgan fingerprint density at radius 1 is 1.47 bits per heavy atom. The van der Waals surface area contributed by atoms with E-state index in [4.69, 9.17) is 11.6 Å². The van der Waals surface area contributed by atoms with Crippen molar-refractivity contribution in [2.75, 3.05) is 26.2 Å². The molecule has 5 heteroatoms. The molecular formula is C10H23N5. The topological polar surface area (TPSA) is 79.7 Å². The third-order valence-electron chi connectivity index (χ3n) is 2.94. The van der Waals surface area contributed by atoms with Crippen LogP contribution in [0, 0.1) is 5.92 Å². The molecule has 1 aliphatic rings. The Morgan fingerprint density at radius 3 is 2.73 bits per heavy atom. The highest BCUT2D eigenvalue weighted by atomic mass is 15.3. The monoisotopic (exact) mass is 213 g/mol. The Labute approximate surface area is 91.9 Å². The van der Waals surface area contributed by atoms with E-state index in [9.17, 15) is 0 Å². The SMILES string of the molecule is CC1CCN(CCCN=C(N)NN)CC1. The van der Waals surface area contributed by atoms with Crippen molar-refractivity contribution in [3.8, 4) is 0 Å². The summed E-state index contributed by atoms with van der Waals surface area (Å²) in [7, 11) is 0. The molecule has 5 nitrogen and oxygen atoms in total. The largest absolute Gasteiger partial charge is 0.369 e. The fraction of sp³-hybridized carbons (Fsp3) is 0.900. The quantitative estimate of drug-likeness (QED) is 0.200. The number of nitrogens with one attached hydrogen (secondary N) is 1. The molecule has 15 heavy (non-hydrogen) atoms. The lowest BCUT2D eigenvalue weighted by Gasteiger charge is -2.29. The van der Waals surface area contributed by atoms with E-state index >= 15 is 0 Å². The van der Waals surface area contributed by atoms with Gasteiger partial charge < -0.3 is 10.6 Å². The van der Waals surface area contributed by atoms with Gasteiger partial charge in [-0.15, -0.1) is 0 Å². The van der Waals surface area contributed by atoms with Crippen molar-refractivity contribution in [3.63, 3.8) is 0 Å². The minimum Gasteiger partial charge on any atom is -0.369 e. The third kappa shape index (κ3) is 4.99. The first-order valence-corrected chi connectivity index (χ1v) is 5.71. The van der Waals surface area contributed by atoms with E-state index < -0.39 is 0 Å². The highest BCUT2D eigenvalue weighted by molar-refractivity contribution is 5.76. The summed E-state index contributed by atoms with van der Waals surface area (Å²) in [5.74, 6) is 6.32. The van der Waals surface area contributed by atoms with Crippen LogP contribution in [0.4, 0.5) is 0 Å². The number of rotatable bonds is 4. The van der Waals surface area contributed by atoms with E-state index in [-0.39, 0.29) is 0 Å². The minimum absolute atomic E-state index is 0.322. The number of nitrogens with zero attached hydrogens (tertiary/aromatic N) is 2. The zero-order valence-corrected chi connectivity index (χ0v) is 9.58. The molecule has 0 aromatic rings. The average Bonchev–Trinajstić information content (AvgIpc) is 2.26. The van der Waals surface area contributed by atoms with E-state index in [0.717, 1.165) is 25.4 Å². The van der Waals surface area contributed by atoms with Crippen molar-refractivity contribution in [2.45, 2.75) is 26.2 Å². The summed E-state index contributed by atoms with van der Waals surface area (Å²) in [5, 5.41) is 0. The molecular weight excluding hydrogens is 190 g/mol. The van der Waals surface area contributed by atoms with Crippen LogP contribution >= 0.6 is 0 Å². The van der Waals surface area contributed by atoms with Crippen LogP contribution in [0.1, 0.15) is 26.2 Å². The van der Waals surface area contributed by atoms with Gasteiger partial charge in [0.05, 0.1) is 0 Å². The molecule has 1 fully saturated rings. The number of aliphatic imine (C=N–C) groups is 1. The van der Waals surface area contributed by atoms with Gasteiger partial charge in [0.1, 0.15) is 0 Å². The Balaban J connectivity index is 2.05. The fourth-order valence-corrected chi connectivity index (χ4v) is 1.83. The maximum Gasteiger partial charge on any atom is 0.203 e.